The molecule has 0 saturated heterocycles. The highest BCUT2D eigenvalue weighted by Gasteiger charge is 2.18. The number of allylic oxidation sites excluding steroid dienone is 1. The van der Waals surface area contributed by atoms with E-state index in [9.17, 15) is 0 Å². The molecule has 0 amide bonds. The van der Waals surface area contributed by atoms with Crippen molar-refractivity contribution in [3.05, 3.63) is 59.7 Å². The smallest absolute Gasteiger partial charge is 0.0225 e. The summed E-state index contributed by atoms with van der Waals surface area (Å²) < 4.78 is 0. The third-order valence-electron chi connectivity index (χ3n) is 4.78. The van der Waals surface area contributed by atoms with Crippen LogP contribution in [0.15, 0.2) is 47.9 Å². The van der Waals surface area contributed by atoms with Gasteiger partial charge in [-0.1, -0.05) is 70.2 Å². The highest BCUT2D eigenvalue weighted by atomic mass is 32.2. The Labute approximate surface area is 152 Å². The van der Waals surface area contributed by atoms with E-state index in [1.165, 1.54) is 39.1 Å². The van der Waals surface area contributed by atoms with Crippen molar-refractivity contribution >= 4 is 17.3 Å². The second-order valence-corrected chi connectivity index (χ2v) is 7.46. The first kappa shape index (κ1) is 18.9. The molecule has 0 bridgehead atoms. The van der Waals surface area contributed by atoms with E-state index in [2.05, 4.69) is 76.9 Å². The maximum absolute atomic E-state index is 4.19. The van der Waals surface area contributed by atoms with Crippen molar-refractivity contribution in [2.75, 3.05) is 6.26 Å². The fraction of sp³-hybridized carbons (Fsp3) is 0.391. The first-order valence-corrected chi connectivity index (χ1v) is 10.2. The molecule has 0 aliphatic carbocycles. The van der Waals surface area contributed by atoms with Crippen LogP contribution in [0.1, 0.15) is 63.1 Å². The van der Waals surface area contributed by atoms with Crippen molar-refractivity contribution in [3.8, 4) is 11.1 Å². The van der Waals surface area contributed by atoms with Gasteiger partial charge in [0.2, 0.25) is 0 Å². The number of thioether (sulfide) groups is 1. The molecule has 2 rings (SSSR count). The van der Waals surface area contributed by atoms with Gasteiger partial charge in [0.15, 0.2) is 0 Å². The number of hydrogen-bond acceptors (Lipinski definition) is 1. The normalized spacial score (nSPS) is 12.2. The minimum absolute atomic E-state index is 0.556. The van der Waals surface area contributed by atoms with Crippen LogP contribution >= 0.6 is 11.8 Å². The lowest BCUT2D eigenvalue weighted by atomic mass is 9.87. The zero-order chi connectivity index (χ0) is 17.7. The van der Waals surface area contributed by atoms with Gasteiger partial charge in [0.1, 0.15) is 0 Å². The average molecular weight is 339 g/mol. The molecule has 0 radical (unpaired) electrons. The molecule has 2 aromatic carbocycles. The van der Waals surface area contributed by atoms with E-state index >= 15 is 0 Å². The summed E-state index contributed by atoms with van der Waals surface area (Å²) in [7, 11) is 0. The summed E-state index contributed by atoms with van der Waals surface area (Å²) in [5.41, 5.74) is 8.03. The maximum Gasteiger partial charge on any atom is 0.0225 e. The predicted molar refractivity (Wildman–Crippen MR) is 111 cm³/mol. The van der Waals surface area contributed by atoms with E-state index in [1.54, 1.807) is 0 Å². The van der Waals surface area contributed by atoms with Crippen LogP contribution in [-0.2, 0) is 6.42 Å². The standard InChI is InChI=1S/C23H30S/c1-7-9-18-10-12-19(13-11-18)22-21(17(5)8-2)15-14-20(16(3)4)23(22)24-6/h10-15,17H,3,7-9H2,1-2,4-6H3. The Morgan fingerprint density at radius 1 is 1.08 bits per heavy atom. The third-order valence-corrected chi connectivity index (χ3v) is 5.61. The van der Waals surface area contributed by atoms with Gasteiger partial charge in [0.05, 0.1) is 0 Å². The molecule has 2 aromatic rings. The molecule has 0 nitrogen and oxygen atoms in total. The van der Waals surface area contributed by atoms with Crippen molar-refractivity contribution in [1.29, 1.82) is 0 Å². The Hall–Kier alpha value is -1.47. The monoisotopic (exact) mass is 338 g/mol. The van der Waals surface area contributed by atoms with Gasteiger partial charge in [-0.05, 0) is 65.3 Å². The number of rotatable bonds is 7. The van der Waals surface area contributed by atoms with Gasteiger partial charge in [-0.3, -0.25) is 0 Å². The van der Waals surface area contributed by atoms with E-state index in [-0.39, 0.29) is 0 Å². The topological polar surface area (TPSA) is 0 Å². The van der Waals surface area contributed by atoms with Gasteiger partial charge in [0.25, 0.3) is 0 Å². The molecule has 0 aliphatic heterocycles. The van der Waals surface area contributed by atoms with E-state index in [4.69, 9.17) is 0 Å². The summed E-state index contributed by atoms with van der Waals surface area (Å²) >= 11 is 1.84. The second kappa shape index (κ2) is 8.58. The molecule has 0 spiro atoms. The Bertz CT molecular complexity index is 695. The van der Waals surface area contributed by atoms with Crippen molar-refractivity contribution in [2.24, 2.45) is 0 Å². The summed E-state index contributed by atoms with van der Waals surface area (Å²) in [5, 5.41) is 0. The van der Waals surface area contributed by atoms with Gasteiger partial charge >= 0.3 is 0 Å². The molecular formula is C23H30S. The van der Waals surface area contributed by atoms with Gasteiger partial charge in [0, 0.05) is 4.90 Å². The number of aryl methyl sites for hydroxylation is 1. The van der Waals surface area contributed by atoms with Crippen LogP contribution in [0.3, 0.4) is 0 Å². The fourth-order valence-corrected chi connectivity index (χ4v) is 4.10. The molecule has 128 valence electrons. The minimum atomic E-state index is 0.556. The van der Waals surface area contributed by atoms with Crippen LogP contribution in [0.25, 0.3) is 16.7 Å². The Kier molecular flexibility index (Phi) is 6.74. The lowest BCUT2D eigenvalue weighted by molar-refractivity contribution is 0.733. The Balaban J connectivity index is 2.67. The molecule has 0 aromatic heterocycles. The van der Waals surface area contributed by atoms with Gasteiger partial charge in [-0.2, -0.15) is 0 Å². The van der Waals surface area contributed by atoms with Crippen molar-refractivity contribution in [1.82, 2.24) is 0 Å². The van der Waals surface area contributed by atoms with Gasteiger partial charge in [-0.15, -0.1) is 11.8 Å². The molecule has 24 heavy (non-hydrogen) atoms. The van der Waals surface area contributed by atoms with Crippen LogP contribution in [0.4, 0.5) is 0 Å². The highest BCUT2D eigenvalue weighted by Crippen LogP contribution is 2.41. The van der Waals surface area contributed by atoms with Crippen LogP contribution in [0.5, 0.6) is 0 Å². The highest BCUT2D eigenvalue weighted by molar-refractivity contribution is 7.98. The van der Waals surface area contributed by atoms with E-state index in [1.807, 2.05) is 11.8 Å². The summed E-state index contributed by atoms with van der Waals surface area (Å²) in [4.78, 5) is 1.36. The van der Waals surface area contributed by atoms with Crippen LogP contribution < -0.4 is 0 Å². The van der Waals surface area contributed by atoms with Crippen molar-refractivity contribution in [3.63, 3.8) is 0 Å². The fourth-order valence-electron chi connectivity index (χ4n) is 3.20. The number of hydrogen-bond donors (Lipinski definition) is 0. The van der Waals surface area contributed by atoms with Crippen molar-refractivity contribution < 1.29 is 0 Å². The quantitative estimate of drug-likeness (QED) is 0.469. The van der Waals surface area contributed by atoms with Crippen LogP contribution in [0, 0.1) is 0 Å². The van der Waals surface area contributed by atoms with Gasteiger partial charge in [-0.25, -0.2) is 0 Å². The van der Waals surface area contributed by atoms with Crippen LogP contribution in [0.2, 0.25) is 0 Å². The van der Waals surface area contributed by atoms with E-state index < -0.39 is 0 Å². The summed E-state index contributed by atoms with van der Waals surface area (Å²) in [6, 6.07) is 13.7. The van der Waals surface area contributed by atoms with Gasteiger partial charge < -0.3 is 0 Å². The SMILES string of the molecule is C=C(C)c1ccc(C(C)CC)c(-c2ccc(CCC)cc2)c1SC. The summed E-state index contributed by atoms with van der Waals surface area (Å²) in [6.45, 7) is 13.1. The lowest BCUT2D eigenvalue weighted by Crippen LogP contribution is -2.00. The Morgan fingerprint density at radius 2 is 1.75 bits per heavy atom. The predicted octanol–water partition coefficient (Wildman–Crippen LogP) is 7.57. The lowest BCUT2D eigenvalue weighted by Gasteiger charge is -2.21. The molecular weight excluding hydrogens is 308 g/mol. The molecule has 0 fully saturated rings. The van der Waals surface area contributed by atoms with E-state index in [0.29, 0.717) is 5.92 Å². The average Bonchev–Trinajstić information content (AvgIpc) is 2.60. The maximum atomic E-state index is 4.19. The molecule has 0 N–H and O–H groups in total. The molecule has 1 heteroatoms. The zero-order valence-corrected chi connectivity index (χ0v) is 16.6. The second-order valence-electron chi connectivity index (χ2n) is 6.65. The largest absolute Gasteiger partial charge is 0.128 e. The molecule has 1 unspecified atom stereocenters. The minimum Gasteiger partial charge on any atom is -0.128 e. The summed E-state index contributed by atoms with van der Waals surface area (Å²) in [5.74, 6) is 0.556. The molecule has 0 saturated carbocycles. The third kappa shape index (κ3) is 3.95. The van der Waals surface area contributed by atoms with E-state index in [0.717, 1.165) is 18.4 Å². The number of benzene rings is 2. The zero-order valence-electron chi connectivity index (χ0n) is 15.8. The summed E-state index contributed by atoms with van der Waals surface area (Å²) in [6.07, 6.45) is 5.68. The van der Waals surface area contributed by atoms with Crippen LogP contribution in [-0.4, -0.2) is 6.26 Å². The first-order chi connectivity index (χ1) is 11.5. The van der Waals surface area contributed by atoms with Crippen molar-refractivity contribution in [2.45, 2.75) is 57.8 Å². The molecule has 0 heterocycles. The molecule has 0 aliphatic rings. The Morgan fingerprint density at radius 3 is 2.25 bits per heavy atom. The molecule has 1 atom stereocenters. The first-order valence-electron chi connectivity index (χ1n) is 8.99.